The molecule has 108 valence electrons. The molecular formula is C13H19Cl3N2O. The van der Waals surface area contributed by atoms with Crippen molar-refractivity contribution in [3.05, 3.63) is 28.2 Å². The fourth-order valence-electron chi connectivity index (χ4n) is 2.17. The largest absolute Gasteiger partial charge is 0.491 e. The van der Waals surface area contributed by atoms with Gasteiger partial charge in [0.1, 0.15) is 12.4 Å². The van der Waals surface area contributed by atoms with Crippen molar-refractivity contribution in [2.75, 3.05) is 26.2 Å². The van der Waals surface area contributed by atoms with Crippen LogP contribution < -0.4 is 10.5 Å². The molecule has 1 aromatic rings. The molecule has 0 amide bonds. The average molecular weight is 326 g/mol. The lowest BCUT2D eigenvalue weighted by Crippen LogP contribution is -2.44. The Bertz CT molecular complexity index is 403. The predicted octanol–water partition coefficient (Wildman–Crippen LogP) is 3.22. The quantitative estimate of drug-likeness (QED) is 0.924. The predicted molar refractivity (Wildman–Crippen MR) is 82.9 cm³/mol. The van der Waals surface area contributed by atoms with Crippen LogP contribution in [0.5, 0.6) is 5.75 Å². The molecule has 0 bridgehead atoms. The molecule has 0 radical (unpaired) electrons. The van der Waals surface area contributed by atoms with E-state index >= 15 is 0 Å². The van der Waals surface area contributed by atoms with Crippen LogP contribution in [0.3, 0.4) is 0 Å². The Balaban J connectivity index is 0.00000180. The maximum Gasteiger partial charge on any atom is 0.138 e. The molecule has 3 nitrogen and oxygen atoms in total. The van der Waals surface area contributed by atoms with Gasteiger partial charge in [-0.3, -0.25) is 4.90 Å². The maximum atomic E-state index is 6.03. The van der Waals surface area contributed by atoms with Crippen molar-refractivity contribution in [2.45, 2.75) is 18.9 Å². The standard InChI is InChI=1S/C13H18Cl2N2O.ClH/c14-10-3-4-13(12(15)8-10)18-7-6-17-5-1-2-11(16)9-17;/h3-4,8,11H,1-2,5-7,9,16H2;1H/t11-;/m1./s1. The summed E-state index contributed by atoms with van der Waals surface area (Å²) in [6.45, 7) is 3.56. The summed E-state index contributed by atoms with van der Waals surface area (Å²) in [4.78, 5) is 2.33. The molecule has 1 fully saturated rings. The summed E-state index contributed by atoms with van der Waals surface area (Å²) in [5, 5.41) is 1.17. The van der Waals surface area contributed by atoms with Crippen molar-refractivity contribution >= 4 is 35.6 Å². The van der Waals surface area contributed by atoms with Crippen molar-refractivity contribution in [3.8, 4) is 5.75 Å². The van der Waals surface area contributed by atoms with Gasteiger partial charge in [0, 0.05) is 24.2 Å². The number of hydrogen-bond acceptors (Lipinski definition) is 3. The van der Waals surface area contributed by atoms with Gasteiger partial charge in [-0.1, -0.05) is 23.2 Å². The molecule has 6 heteroatoms. The lowest BCUT2D eigenvalue weighted by atomic mass is 10.1. The van der Waals surface area contributed by atoms with Gasteiger partial charge in [0.05, 0.1) is 5.02 Å². The molecule has 2 N–H and O–H groups in total. The molecule has 1 heterocycles. The third-order valence-electron chi connectivity index (χ3n) is 3.10. The Labute approximate surface area is 130 Å². The molecule has 1 aromatic carbocycles. The van der Waals surface area contributed by atoms with Crippen LogP contribution in [0, 0.1) is 0 Å². The van der Waals surface area contributed by atoms with Crippen LogP contribution in [0.25, 0.3) is 0 Å². The first-order valence-corrected chi connectivity index (χ1v) is 6.96. The van der Waals surface area contributed by atoms with Crippen LogP contribution in [0.2, 0.25) is 10.0 Å². The van der Waals surface area contributed by atoms with E-state index in [2.05, 4.69) is 4.90 Å². The van der Waals surface area contributed by atoms with Gasteiger partial charge in [-0.05, 0) is 37.6 Å². The molecule has 0 aliphatic carbocycles. The van der Waals surface area contributed by atoms with E-state index in [0.717, 1.165) is 26.1 Å². The summed E-state index contributed by atoms with van der Waals surface area (Å²) in [5.41, 5.74) is 5.93. The number of rotatable bonds is 4. The fourth-order valence-corrected chi connectivity index (χ4v) is 2.63. The van der Waals surface area contributed by atoms with E-state index in [1.54, 1.807) is 18.2 Å². The molecule has 0 spiro atoms. The topological polar surface area (TPSA) is 38.5 Å². The van der Waals surface area contributed by atoms with Gasteiger partial charge in [-0.15, -0.1) is 12.4 Å². The first kappa shape index (κ1) is 16.9. The SMILES string of the molecule is Cl.N[C@@H]1CCCN(CCOc2ccc(Cl)cc2Cl)C1. The second-order valence-electron chi connectivity index (χ2n) is 4.63. The van der Waals surface area contributed by atoms with Crippen LogP contribution in [-0.4, -0.2) is 37.2 Å². The molecule has 1 aliphatic heterocycles. The van der Waals surface area contributed by atoms with Crippen LogP contribution in [-0.2, 0) is 0 Å². The van der Waals surface area contributed by atoms with Gasteiger partial charge in [-0.25, -0.2) is 0 Å². The van der Waals surface area contributed by atoms with Gasteiger partial charge in [0.15, 0.2) is 0 Å². The number of nitrogens with zero attached hydrogens (tertiary/aromatic N) is 1. The van der Waals surface area contributed by atoms with Crippen LogP contribution in [0.15, 0.2) is 18.2 Å². The normalized spacial score (nSPS) is 19.8. The zero-order chi connectivity index (χ0) is 13.0. The molecule has 0 aromatic heterocycles. The first-order chi connectivity index (χ1) is 8.65. The van der Waals surface area contributed by atoms with Crippen molar-refractivity contribution in [1.29, 1.82) is 0 Å². The lowest BCUT2D eigenvalue weighted by Gasteiger charge is -2.30. The van der Waals surface area contributed by atoms with Gasteiger partial charge in [0.2, 0.25) is 0 Å². The Morgan fingerprint density at radius 2 is 2.16 bits per heavy atom. The number of ether oxygens (including phenoxy) is 1. The van der Waals surface area contributed by atoms with Crippen molar-refractivity contribution in [1.82, 2.24) is 4.90 Å². The zero-order valence-corrected chi connectivity index (χ0v) is 13.0. The van der Waals surface area contributed by atoms with Crippen LogP contribution in [0.4, 0.5) is 0 Å². The fraction of sp³-hybridized carbons (Fsp3) is 0.538. The molecule has 19 heavy (non-hydrogen) atoms. The van der Waals surface area contributed by atoms with Gasteiger partial charge in [-0.2, -0.15) is 0 Å². The second-order valence-corrected chi connectivity index (χ2v) is 5.47. The molecule has 1 atom stereocenters. The first-order valence-electron chi connectivity index (χ1n) is 6.21. The third kappa shape index (κ3) is 5.36. The minimum atomic E-state index is 0. The summed E-state index contributed by atoms with van der Waals surface area (Å²) in [6, 6.07) is 5.57. The van der Waals surface area contributed by atoms with E-state index in [1.165, 1.54) is 6.42 Å². The average Bonchev–Trinajstić information content (AvgIpc) is 2.32. The Morgan fingerprint density at radius 3 is 2.84 bits per heavy atom. The van der Waals surface area contributed by atoms with E-state index in [1.807, 2.05) is 0 Å². The molecule has 2 rings (SSSR count). The van der Waals surface area contributed by atoms with Crippen molar-refractivity contribution < 1.29 is 4.74 Å². The summed E-state index contributed by atoms with van der Waals surface area (Å²) >= 11 is 11.9. The van der Waals surface area contributed by atoms with Gasteiger partial charge >= 0.3 is 0 Å². The van der Waals surface area contributed by atoms with Gasteiger partial charge < -0.3 is 10.5 Å². The molecule has 0 saturated carbocycles. The second kappa shape index (κ2) is 8.18. The monoisotopic (exact) mass is 324 g/mol. The molecule has 1 aliphatic rings. The minimum Gasteiger partial charge on any atom is -0.491 e. The molecule has 1 saturated heterocycles. The Hall–Kier alpha value is -0.190. The Morgan fingerprint density at radius 1 is 1.37 bits per heavy atom. The van der Waals surface area contributed by atoms with Gasteiger partial charge in [0.25, 0.3) is 0 Å². The number of hydrogen-bond donors (Lipinski definition) is 1. The van der Waals surface area contributed by atoms with E-state index in [4.69, 9.17) is 33.7 Å². The summed E-state index contributed by atoms with van der Waals surface area (Å²) in [5.74, 6) is 0.683. The third-order valence-corrected chi connectivity index (χ3v) is 3.63. The molecular weight excluding hydrogens is 307 g/mol. The van der Waals surface area contributed by atoms with E-state index in [0.29, 0.717) is 28.4 Å². The lowest BCUT2D eigenvalue weighted by molar-refractivity contribution is 0.171. The zero-order valence-electron chi connectivity index (χ0n) is 10.6. The smallest absolute Gasteiger partial charge is 0.138 e. The molecule has 0 unspecified atom stereocenters. The van der Waals surface area contributed by atoms with E-state index < -0.39 is 0 Å². The van der Waals surface area contributed by atoms with Crippen LogP contribution >= 0.6 is 35.6 Å². The summed E-state index contributed by atoms with van der Waals surface area (Å²) in [6.07, 6.45) is 2.29. The summed E-state index contributed by atoms with van der Waals surface area (Å²) in [7, 11) is 0. The highest BCUT2D eigenvalue weighted by molar-refractivity contribution is 6.35. The van der Waals surface area contributed by atoms with Crippen molar-refractivity contribution in [3.63, 3.8) is 0 Å². The minimum absolute atomic E-state index is 0. The Kier molecular flexibility index (Phi) is 7.26. The van der Waals surface area contributed by atoms with E-state index in [9.17, 15) is 0 Å². The number of likely N-dealkylation sites (tertiary alicyclic amines) is 1. The number of benzene rings is 1. The summed E-state index contributed by atoms with van der Waals surface area (Å²) < 4.78 is 5.66. The number of piperidine rings is 1. The highest BCUT2D eigenvalue weighted by atomic mass is 35.5. The van der Waals surface area contributed by atoms with E-state index in [-0.39, 0.29) is 12.4 Å². The number of nitrogens with two attached hydrogens (primary N) is 1. The highest BCUT2D eigenvalue weighted by Crippen LogP contribution is 2.27. The number of halogens is 3. The van der Waals surface area contributed by atoms with Crippen LogP contribution in [0.1, 0.15) is 12.8 Å². The maximum absolute atomic E-state index is 6.03. The van der Waals surface area contributed by atoms with Crippen molar-refractivity contribution in [2.24, 2.45) is 5.73 Å². The highest BCUT2D eigenvalue weighted by Gasteiger charge is 2.16.